The summed E-state index contributed by atoms with van der Waals surface area (Å²) >= 11 is 0. The molecule has 0 radical (unpaired) electrons. The second-order valence-electron chi connectivity index (χ2n) is 4.47. The van der Waals surface area contributed by atoms with Crippen molar-refractivity contribution in [1.82, 2.24) is 9.78 Å². The second kappa shape index (κ2) is 4.68. The van der Waals surface area contributed by atoms with E-state index in [-0.39, 0.29) is 17.3 Å². The smallest absolute Gasteiger partial charge is 0.225 e. The second-order valence-corrected chi connectivity index (χ2v) is 4.47. The molecular weight excluding hydrogens is 260 g/mol. The van der Waals surface area contributed by atoms with Crippen LogP contribution >= 0.6 is 0 Å². The minimum atomic E-state index is -4.58. The van der Waals surface area contributed by atoms with Gasteiger partial charge in [-0.1, -0.05) is 26.0 Å². The first kappa shape index (κ1) is 13.6. The minimum absolute atomic E-state index is 0.172. The lowest BCUT2D eigenvalue weighted by Gasteiger charge is -2.10. The Bertz CT molecular complexity index is 585. The van der Waals surface area contributed by atoms with Crippen LogP contribution in [0.15, 0.2) is 30.3 Å². The third-order valence-corrected chi connectivity index (χ3v) is 2.69. The molecule has 0 saturated carbocycles. The van der Waals surface area contributed by atoms with Crippen LogP contribution in [0.1, 0.15) is 31.2 Å². The Morgan fingerprint density at radius 1 is 1.16 bits per heavy atom. The van der Waals surface area contributed by atoms with E-state index < -0.39 is 17.7 Å². The lowest BCUT2D eigenvalue weighted by atomic mass is 10.1. The van der Waals surface area contributed by atoms with Crippen LogP contribution in [0.3, 0.4) is 0 Å². The fourth-order valence-electron chi connectivity index (χ4n) is 1.69. The molecule has 0 amide bonds. The molecule has 0 fully saturated rings. The number of hydrogen-bond acceptors (Lipinski definition) is 1. The summed E-state index contributed by atoms with van der Waals surface area (Å²) in [5.41, 5.74) is -0.904. The number of benzene rings is 1. The van der Waals surface area contributed by atoms with E-state index in [1.165, 1.54) is 18.2 Å². The molecule has 1 aromatic carbocycles. The van der Waals surface area contributed by atoms with Gasteiger partial charge in [0.2, 0.25) is 0 Å². The van der Waals surface area contributed by atoms with Gasteiger partial charge in [0.15, 0.2) is 0 Å². The first-order valence-corrected chi connectivity index (χ1v) is 5.72. The Hall–Kier alpha value is -1.85. The Morgan fingerprint density at radius 2 is 1.79 bits per heavy atom. The van der Waals surface area contributed by atoms with E-state index in [9.17, 15) is 17.6 Å². The van der Waals surface area contributed by atoms with Crippen molar-refractivity contribution in [2.75, 3.05) is 0 Å². The molecule has 2 aromatic rings. The SMILES string of the molecule is CC(C)c1cc(C(F)(F)F)n(-c2ccccc2F)n1. The molecule has 0 aliphatic carbocycles. The van der Waals surface area contributed by atoms with Gasteiger partial charge in [0.05, 0.1) is 5.69 Å². The molecule has 2 rings (SSSR count). The molecule has 0 aliphatic rings. The minimum Gasteiger partial charge on any atom is -0.225 e. The summed E-state index contributed by atoms with van der Waals surface area (Å²) in [6, 6.07) is 6.21. The molecule has 0 aliphatic heterocycles. The predicted molar refractivity (Wildman–Crippen MR) is 62.6 cm³/mol. The van der Waals surface area contributed by atoms with Gasteiger partial charge in [-0.3, -0.25) is 0 Å². The average Bonchev–Trinajstić information content (AvgIpc) is 2.74. The molecule has 19 heavy (non-hydrogen) atoms. The summed E-state index contributed by atoms with van der Waals surface area (Å²) in [7, 11) is 0. The van der Waals surface area contributed by atoms with Crippen LogP contribution in [0.5, 0.6) is 0 Å². The fourth-order valence-corrected chi connectivity index (χ4v) is 1.69. The monoisotopic (exact) mass is 272 g/mol. The van der Waals surface area contributed by atoms with Crippen molar-refractivity contribution in [3.63, 3.8) is 0 Å². The molecule has 2 nitrogen and oxygen atoms in total. The zero-order valence-corrected chi connectivity index (χ0v) is 10.4. The largest absolute Gasteiger partial charge is 0.433 e. The summed E-state index contributed by atoms with van der Waals surface area (Å²) in [6.45, 7) is 3.46. The number of aromatic nitrogens is 2. The molecule has 1 heterocycles. The maximum atomic E-state index is 13.6. The third kappa shape index (κ3) is 2.62. The lowest BCUT2D eigenvalue weighted by molar-refractivity contribution is -0.142. The van der Waals surface area contributed by atoms with Gasteiger partial charge in [0.25, 0.3) is 0 Å². The number of halogens is 4. The van der Waals surface area contributed by atoms with E-state index in [1.807, 2.05) is 0 Å². The molecule has 6 heteroatoms. The van der Waals surface area contributed by atoms with Gasteiger partial charge in [-0.05, 0) is 24.1 Å². The zero-order chi connectivity index (χ0) is 14.2. The van der Waals surface area contributed by atoms with E-state index in [0.29, 0.717) is 4.68 Å². The van der Waals surface area contributed by atoms with Crippen molar-refractivity contribution < 1.29 is 17.6 Å². The van der Waals surface area contributed by atoms with Gasteiger partial charge >= 0.3 is 6.18 Å². The highest BCUT2D eigenvalue weighted by Crippen LogP contribution is 2.33. The molecule has 0 N–H and O–H groups in total. The predicted octanol–water partition coefficient (Wildman–Crippen LogP) is 4.15. The highest BCUT2D eigenvalue weighted by atomic mass is 19.4. The molecule has 1 aromatic heterocycles. The van der Waals surface area contributed by atoms with E-state index in [1.54, 1.807) is 13.8 Å². The van der Waals surface area contributed by atoms with Crippen LogP contribution in [0.2, 0.25) is 0 Å². The van der Waals surface area contributed by atoms with Gasteiger partial charge in [0, 0.05) is 0 Å². The van der Waals surface area contributed by atoms with Gasteiger partial charge in [0.1, 0.15) is 17.2 Å². The molecule has 0 saturated heterocycles. The maximum absolute atomic E-state index is 13.6. The van der Waals surface area contributed by atoms with Crippen LogP contribution < -0.4 is 0 Å². The molecule has 0 bridgehead atoms. The lowest BCUT2D eigenvalue weighted by Crippen LogP contribution is -2.14. The first-order chi connectivity index (χ1) is 8.80. The van der Waals surface area contributed by atoms with Crippen LogP contribution in [-0.2, 0) is 6.18 Å². The fraction of sp³-hybridized carbons (Fsp3) is 0.308. The molecule has 0 unspecified atom stereocenters. The summed E-state index contributed by atoms with van der Waals surface area (Å²) in [4.78, 5) is 0. The van der Waals surface area contributed by atoms with Crippen LogP contribution in [0.4, 0.5) is 17.6 Å². The van der Waals surface area contributed by atoms with Crippen molar-refractivity contribution in [2.45, 2.75) is 25.9 Å². The molecule has 102 valence electrons. The molecule has 0 atom stereocenters. The number of rotatable bonds is 2. The molecule has 0 spiro atoms. The normalized spacial score (nSPS) is 12.2. The van der Waals surface area contributed by atoms with Gasteiger partial charge in [-0.15, -0.1) is 0 Å². The Kier molecular flexibility index (Phi) is 3.34. The Balaban J connectivity index is 2.65. The summed E-state index contributed by atoms with van der Waals surface area (Å²) in [5, 5.41) is 3.86. The summed E-state index contributed by atoms with van der Waals surface area (Å²) in [5.74, 6) is -0.916. The van der Waals surface area contributed by atoms with E-state index in [0.717, 1.165) is 12.1 Å². The maximum Gasteiger partial charge on any atom is 0.433 e. The van der Waals surface area contributed by atoms with Crippen molar-refractivity contribution >= 4 is 0 Å². The third-order valence-electron chi connectivity index (χ3n) is 2.69. The van der Waals surface area contributed by atoms with Crippen LogP contribution in [-0.4, -0.2) is 9.78 Å². The number of nitrogens with zero attached hydrogens (tertiary/aromatic N) is 2. The first-order valence-electron chi connectivity index (χ1n) is 5.72. The van der Waals surface area contributed by atoms with E-state index in [4.69, 9.17) is 0 Å². The zero-order valence-electron chi connectivity index (χ0n) is 10.4. The molecular formula is C13H12F4N2. The van der Waals surface area contributed by atoms with Gasteiger partial charge in [-0.2, -0.15) is 18.3 Å². The van der Waals surface area contributed by atoms with Crippen LogP contribution in [0.25, 0.3) is 5.69 Å². The summed E-state index contributed by atoms with van der Waals surface area (Å²) in [6.07, 6.45) is -4.58. The Labute approximate surface area is 107 Å². The average molecular weight is 272 g/mol. The quantitative estimate of drug-likeness (QED) is 0.751. The number of hydrogen-bond donors (Lipinski definition) is 0. The van der Waals surface area contributed by atoms with Gasteiger partial charge < -0.3 is 0 Å². The highest BCUT2D eigenvalue weighted by molar-refractivity contribution is 5.36. The topological polar surface area (TPSA) is 17.8 Å². The Morgan fingerprint density at radius 3 is 2.32 bits per heavy atom. The van der Waals surface area contributed by atoms with Gasteiger partial charge in [-0.25, -0.2) is 9.07 Å². The van der Waals surface area contributed by atoms with Crippen molar-refractivity contribution in [3.05, 3.63) is 47.5 Å². The standard InChI is InChI=1S/C13H12F4N2/c1-8(2)10-7-12(13(15,16)17)19(18-10)11-6-4-3-5-9(11)14/h3-8H,1-2H3. The highest BCUT2D eigenvalue weighted by Gasteiger charge is 2.37. The van der Waals surface area contributed by atoms with Crippen molar-refractivity contribution in [1.29, 1.82) is 0 Å². The van der Waals surface area contributed by atoms with E-state index in [2.05, 4.69) is 5.10 Å². The van der Waals surface area contributed by atoms with Crippen molar-refractivity contribution in [2.24, 2.45) is 0 Å². The van der Waals surface area contributed by atoms with Crippen LogP contribution in [0, 0.1) is 5.82 Å². The number of alkyl halides is 3. The van der Waals surface area contributed by atoms with Crippen molar-refractivity contribution in [3.8, 4) is 5.69 Å². The van der Waals surface area contributed by atoms with E-state index >= 15 is 0 Å². The summed E-state index contributed by atoms with van der Waals surface area (Å²) < 4.78 is 53.1. The number of para-hydroxylation sites is 1.